The molecule has 156 valence electrons. The second kappa shape index (κ2) is 9.56. The lowest BCUT2D eigenvalue weighted by Crippen LogP contribution is -2.33. The van der Waals surface area contributed by atoms with E-state index in [0.29, 0.717) is 6.42 Å². The van der Waals surface area contributed by atoms with Crippen LogP contribution >= 0.6 is 0 Å². The van der Waals surface area contributed by atoms with Crippen molar-refractivity contribution in [2.45, 2.75) is 17.9 Å². The first-order chi connectivity index (χ1) is 14.4. The van der Waals surface area contributed by atoms with Crippen molar-refractivity contribution in [3.8, 4) is 5.75 Å². The van der Waals surface area contributed by atoms with Gasteiger partial charge in [-0.2, -0.15) is 4.31 Å². The Bertz CT molecular complexity index is 1100. The van der Waals surface area contributed by atoms with Crippen molar-refractivity contribution in [2.24, 2.45) is 0 Å². The summed E-state index contributed by atoms with van der Waals surface area (Å²) in [6.07, 6.45) is 0.509. The molecular formula is C23H22NO5S-. The Hall–Kier alpha value is -3.16. The zero-order valence-electron chi connectivity index (χ0n) is 16.5. The van der Waals surface area contributed by atoms with Gasteiger partial charge < -0.3 is 14.6 Å². The zero-order chi connectivity index (χ0) is 21.6. The first-order valence-electron chi connectivity index (χ1n) is 9.39. The third kappa shape index (κ3) is 5.06. The molecule has 0 unspecified atom stereocenters. The molecule has 0 heterocycles. The molecule has 3 aromatic rings. The minimum absolute atomic E-state index is 0.0813. The first kappa shape index (κ1) is 21.5. The normalized spacial score (nSPS) is 11.4. The van der Waals surface area contributed by atoms with Gasteiger partial charge in [-0.3, -0.25) is 0 Å². The predicted molar refractivity (Wildman–Crippen MR) is 112 cm³/mol. The Morgan fingerprint density at radius 2 is 1.53 bits per heavy atom. The van der Waals surface area contributed by atoms with Crippen molar-refractivity contribution in [1.82, 2.24) is 4.31 Å². The number of ether oxygens (including phenoxy) is 1. The van der Waals surface area contributed by atoms with Gasteiger partial charge in [-0.15, -0.1) is 0 Å². The maximum atomic E-state index is 13.5. The highest BCUT2D eigenvalue weighted by atomic mass is 32.2. The maximum absolute atomic E-state index is 13.5. The van der Waals surface area contributed by atoms with Crippen LogP contribution in [-0.2, 0) is 23.0 Å². The summed E-state index contributed by atoms with van der Waals surface area (Å²) < 4.78 is 33.6. The number of carbonyl (C=O) groups is 1. The molecule has 7 heteroatoms. The molecule has 0 fully saturated rings. The molecule has 30 heavy (non-hydrogen) atoms. The van der Waals surface area contributed by atoms with Gasteiger partial charge in [-0.1, -0.05) is 60.7 Å². The summed E-state index contributed by atoms with van der Waals surface area (Å²) in [5, 5.41) is 11.3. The molecule has 0 N–H and O–H groups in total. The van der Waals surface area contributed by atoms with Crippen LogP contribution in [0.25, 0.3) is 0 Å². The molecular weight excluding hydrogens is 402 g/mol. The summed E-state index contributed by atoms with van der Waals surface area (Å²) in [6.45, 7) is 0.370. The molecule has 0 radical (unpaired) electrons. The number of carbonyl (C=O) groups excluding carboxylic acids is 1. The molecule has 0 aromatic heterocycles. The van der Waals surface area contributed by atoms with Gasteiger partial charge in [0, 0.05) is 13.1 Å². The number of hydrogen-bond donors (Lipinski definition) is 0. The molecule has 0 spiro atoms. The number of nitrogens with zero attached hydrogens (tertiary/aromatic N) is 1. The van der Waals surface area contributed by atoms with Crippen molar-refractivity contribution in [3.63, 3.8) is 0 Å². The molecule has 0 amide bonds. The number of hydrogen-bond acceptors (Lipinski definition) is 5. The van der Waals surface area contributed by atoms with Gasteiger partial charge in [0.2, 0.25) is 10.0 Å². The fraction of sp³-hybridized carbons (Fsp3) is 0.174. The molecule has 0 saturated carbocycles. The van der Waals surface area contributed by atoms with E-state index < -0.39 is 16.0 Å². The third-order valence-corrected chi connectivity index (χ3v) is 6.58. The number of aromatic carboxylic acids is 1. The van der Waals surface area contributed by atoms with Gasteiger partial charge in [-0.25, -0.2) is 8.42 Å². The molecule has 3 rings (SSSR count). The molecule has 0 aliphatic rings. The highest BCUT2D eigenvalue weighted by molar-refractivity contribution is 7.89. The van der Waals surface area contributed by atoms with Gasteiger partial charge in [0.05, 0.1) is 13.1 Å². The molecule has 0 aliphatic heterocycles. The average Bonchev–Trinajstić information content (AvgIpc) is 2.77. The van der Waals surface area contributed by atoms with E-state index in [-0.39, 0.29) is 29.3 Å². The molecule has 6 nitrogen and oxygen atoms in total. The van der Waals surface area contributed by atoms with Crippen LogP contribution in [0.3, 0.4) is 0 Å². The van der Waals surface area contributed by atoms with E-state index in [1.165, 1.54) is 23.5 Å². The zero-order valence-corrected chi connectivity index (χ0v) is 17.3. The van der Waals surface area contributed by atoms with Crippen LogP contribution in [0.15, 0.2) is 83.8 Å². The van der Waals surface area contributed by atoms with Crippen LogP contribution in [-0.4, -0.2) is 32.3 Å². The lowest BCUT2D eigenvalue weighted by molar-refractivity contribution is -0.255. The molecule has 0 atom stereocenters. The highest BCUT2D eigenvalue weighted by Gasteiger charge is 2.28. The smallest absolute Gasteiger partial charge is 0.247 e. The fourth-order valence-corrected chi connectivity index (χ4v) is 4.72. The van der Waals surface area contributed by atoms with E-state index in [0.717, 1.165) is 17.2 Å². The second-order valence-electron chi connectivity index (χ2n) is 6.71. The number of carboxylic acids is 1. The van der Waals surface area contributed by atoms with Crippen molar-refractivity contribution >= 4 is 16.0 Å². The van der Waals surface area contributed by atoms with Crippen molar-refractivity contribution in [1.29, 1.82) is 0 Å². The molecule has 3 aromatic carbocycles. The van der Waals surface area contributed by atoms with E-state index in [9.17, 15) is 18.3 Å². The maximum Gasteiger partial charge on any atom is 0.247 e. The third-order valence-electron chi connectivity index (χ3n) is 4.71. The summed E-state index contributed by atoms with van der Waals surface area (Å²) in [5.74, 6) is -1.37. The summed E-state index contributed by atoms with van der Waals surface area (Å²) in [5.41, 5.74) is 1.60. The predicted octanol–water partition coefficient (Wildman–Crippen LogP) is 2.49. The van der Waals surface area contributed by atoms with E-state index in [2.05, 4.69) is 0 Å². The van der Waals surface area contributed by atoms with E-state index in [1.807, 2.05) is 60.7 Å². The van der Waals surface area contributed by atoms with Crippen LogP contribution in [0.4, 0.5) is 0 Å². The van der Waals surface area contributed by atoms with Gasteiger partial charge in [0.25, 0.3) is 0 Å². The van der Waals surface area contributed by atoms with Crippen LogP contribution in [0.2, 0.25) is 0 Å². The summed E-state index contributed by atoms with van der Waals surface area (Å²) in [7, 11) is -2.71. The van der Waals surface area contributed by atoms with Gasteiger partial charge in [0.15, 0.2) is 0 Å². The minimum atomic E-state index is -4.05. The Balaban J connectivity index is 2.00. The quantitative estimate of drug-likeness (QED) is 0.527. The number of carboxylic acid groups (broad SMARTS) is 1. The van der Waals surface area contributed by atoms with Crippen molar-refractivity contribution in [2.75, 3.05) is 13.7 Å². The van der Waals surface area contributed by atoms with Crippen molar-refractivity contribution in [3.05, 3.63) is 95.6 Å². The first-order valence-corrected chi connectivity index (χ1v) is 10.8. The van der Waals surface area contributed by atoms with Crippen LogP contribution in [0.1, 0.15) is 21.5 Å². The minimum Gasteiger partial charge on any atom is -0.545 e. The molecule has 0 aliphatic carbocycles. The lowest BCUT2D eigenvalue weighted by Gasteiger charge is -2.24. The number of sulfonamides is 1. The standard InChI is InChI=1S/C23H23NO5S/c1-29-21-13-12-20(23(25)26)16-22(21)30(27,28)24(17-19-10-6-3-7-11-19)15-14-18-8-4-2-5-9-18/h2-13,16H,14-15,17H2,1H3,(H,25,26)/p-1. The number of benzene rings is 3. The second-order valence-corrected chi connectivity index (χ2v) is 8.62. The van der Waals surface area contributed by atoms with Crippen LogP contribution in [0, 0.1) is 0 Å². The van der Waals surface area contributed by atoms with E-state index in [1.54, 1.807) is 0 Å². The number of methoxy groups -OCH3 is 1. The van der Waals surface area contributed by atoms with Gasteiger partial charge in [0.1, 0.15) is 10.6 Å². The lowest BCUT2D eigenvalue weighted by atomic mass is 10.1. The summed E-state index contributed by atoms with van der Waals surface area (Å²) in [4.78, 5) is 11.1. The van der Waals surface area contributed by atoms with Crippen LogP contribution < -0.4 is 9.84 Å². The summed E-state index contributed by atoms with van der Waals surface area (Å²) >= 11 is 0. The van der Waals surface area contributed by atoms with E-state index in [4.69, 9.17) is 4.74 Å². The fourth-order valence-electron chi connectivity index (χ4n) is 3.11. The SMILES string of the molecule is COc1ccc(C(=O)[O-])cc1S(=O)(=O)N(CCc1ccccc1)Cc1ccccc1. The Morgan fingerprint density at radius 1 is 0.933 bits per heavy atom. The molecule has 0 bridgehead atoms. The van der Waals surface area contributed by atoms with Crippen LogP contribution in [0.5, 0.6) is 5.75 Å². The topological polar surface area (TPSA) is 86.7 Å². The average molecular weight is 424 g/mol. The Labute approximate surface area is 176 Å². The van der Waals surface area contributed by atoms with Gasteiger partial charge >= 0.3 is 0 Å². The number of rotatable bonds is 9. The summed E-state index contributed by atoms with van der Waals surface area (Å²) in [6, 6.07) is 22.5. The Morgan fingerprint density at radius 3 is 2.10 bits per heavy atom. The van der Waals surface area contributed by atoms with Gasteiger partial charge in [-0.05, 0) is 41.3 Å². The largest absolute Gasteiger partial charge is 0.545 e. The molecule has 0 saturated heterocycles. The van der Waals surface area contributed by atoms with E-state index >= 15 is 0 Å². The highest BCUT2D eigenvalue weighted by Crippen LogP contribution is 2.29. The van der Waals surface area contributed by atoms with Crippen molar-refractivity contribution < 1.29 is 23.1 Å². The Kier molecular flexibility index (Phi) is 6.87. The monoisotopic (exact) mass is 424 g/mol.